The molecule has 3 aromatic rings. The number of para-hydroxylation sites is 1. The first kappa shape index (κ1) is 22.4. The van der Waals surface area contributed by atoms with Crippen LogP contribution in [0.3, 0.4) is 0 Å². The highest BCUT2D eigenvalue weighted by Crippen LogP contribution is 2.33. The van der Waals surface area contributed by atoms with Crippen LogP contribution in [-0.2, 0) is 16.1 Å². The van der Waals surface area contributed by atoms with Crippen LogP contribution in [0.15, 0.2) is 54.6 Å². The third-order valence-electron chi connectivity index (χ3n) is 4.93. The van der Waals surface area contributed by atoms with Gasteiger partial charge in [-0.05, 0) is 45.0 Å². The van der Waals surface area contributed by atoms with Crippen molar-refractivity contribution < 1.29 is 19.0 Å². The Morgan fingerprint density at radius 1 is 1.06 bits per heavy atom. The van der Waals surface area contributed by atoms with E-state index < -0.39 is 0 Å². The lowest BCUT2D eigenvalue weighted by molar-refractivity contribution is -0.137. The molecule has 1 amide bonds. The van der Waals surface area contributed by atoms with E-state index in [4.69, 9.17) is 19.3 Å². The van der Waals surface area contributed by atoms with E-state index in [1.807, 2.05) is 75.4 Å². The number of methoxy groups -OCH3 is 2. The van der Waals surface area contributed by atoms with E-state index >= 15 is 0 Å². The molecule has 0 saturated carbocycles. The van der Waals surface area contributed by atoms with Gasteiger partial charge in [0.25, 0.3) is 0 Å². The Morgan fingerprint density at radius 2 is 1.77 bits per heavy atom. The molecule has 1 aromatic heterocycles. The third-order valence-corrected chi connectivity index (χ3v) is 4.93. The summed E-state index contributed by atoms with van der Waals surface area (Å²) < 4.78 is 18.5. The first-order chi connectivity index (χ1) is 14.9. The Morgan fingerprint density at radius 3 is 2.42 bits per heavy atom. The molecule has 0 aliphatic rings. The van der Waals surface area contributed by atoms with Gasteiger partial charge < -0.3 is 19.1 Å². The molecule has 0 N–H and O–H groups in total. The van der Waals surface area contributed by atoms with Gasteiger partial charge in [-0.3, -0.25) is 4.79 Å². The first-order valence-electron chi connectivity index (χ1n) is 10.2. The summed E-state index contributed by atoms with van der Waals surface area (Å²) in [5, 5.41) is 4.73. The Bertz CT molecular complexity index is 1010. The average Bonchev–Trinajstić information content (AvgIpc) is 3.07. The molecule has 0 aliphatic carbocycles. The van der Waals surface area contributed by atoms with Gasteiger partial charge in [0.15, 0.2) is 0 Å². The lowest BCUT2D eigenvalue weighted by Crippen LogP contribution is -2.38. The van der Waals surface area contributed by atoms with Gasteiger partial charge in [0, 0.05) is 19.2 Å². The van der Waals surface area contributed by atoms with Crippen molar-refractivity contribution in [3.05, 3.63) is 65.9 Å². The van der Waals surface area contributed by atoms with E-state index in [1.165, 1.54) is 7.11 Å². The van der Waals surface area contributed by atoms with Crippen LogP contribution in [0.5, 0.6) is 17.4 Å². The minimum Gasteiger partial charge on any atom is -0.497 e. The van der Waals surface area contributed by atoms with Gasteiger partial charge in [0.1, 0.15) is 18.1 Å². The van der Waals surface area contributed by atoms with E-state index in [2.05, 4.69) is 0 Å². The molecular formula is C24H29N3O4. The number of hydrogen-bond acceptors (Lipinski definition) is 5. The minimum absolute atomic E-state index is 0.00760. The Balaban J connectivity index is 2.07. The fourth-order valence-electron chi connectivity index (χ4n) is 3.28. The van der Waals surface area contributed by atoms with Crippen LogP contribution in [0.25, 0.3) is 5.69 Å². The third kappa shape index (κ3) is 5.24. The normalized spacial score (nSPS) is 10.9. The van der Waals surface area contributed by atoms with E-state index in [-0.39, 0.29) is 18.6 Å². The van der Waals surface area contributed by atoms with Gasteiger partial charge in [-0.1, -0.05) is 24.3 Å². The predicted molar refractivity (Wildman–Crippen MR) is 119 cm³/mol. The van der Waals surface area contributed by atoms with Crippen molar-refractivity contribution in [1.29, 1.82) is 0 Å². The summed E-state index contributed by atoms with van der Waals surface area (Å²) in [5.41, 5.74) is 2.50. The molecule has 0 spiro atoms. The molecule has 0 radical (unpaired) electrons. The van der Waals surface area contributed by atoms with E-state index in [0.29, 0.717) is 23.9 Å². The van der Waals surface area contributed by atoms with Crippen molar-refractivity contribution in [3.8, 4) is 23.1 Å². The minimum atomic E-state index is -0.0864. The lowest BCUT2D eigenvalue weighted by Gasteiger charge is -2.27. The number of aromatic nitrogens is 2. The standard InChI is InChI=1S/C24H29N3O4/c1-17(2)26(23(28)16-29-4)15-22-18(3)25-27(19-10-7-6-8-11-19)24(22)31-21-13-9-12-20(14-21)30-5/h6-14,17H,15-16H2,1-5H3. The van der Waals surface area contributed by atoms with Gasteiger partial charge in [-0.25, -0.2) is 4.68 Å². The number of rotatable bonds is 9. The van der Waals surface area contributed by atoms with Crippen molar-refractivity contribution in [2.45, 2.75) is 33.4 Å². The zero-order valence-electron chi connectivity index (χ0n) is 18.7. The highest BCUT2D eigenvalue weighted by molar-refractivity contribution is 5.77. The van der Waals surface area contributed by atoms with Crippen molar-refractivity contribution >= 4 is 5.91 Å². The summed E-state index contributed by atoms with van der Waals surface area (Å²) in [6, 6.07) is 17.2. The van der Waals surface area contributed by atoms with Crippen molar-refractivity contribution in [1.82, 2.24) is 14.7 Å². The summed E-state index contributed by atoms with van der Waals surface area (Å²) in [4.78, 5) is 14.4. The second-order valence-corrected chi connectivity index (χ2v) is 7.45. The van der Waals surface area contributed by atoms with Crippen LogP contribution in [0, 0.1) is 6.92 Å². The largest absolute Gasteiger partial charge is 0.497 e. The van der Waals surface area contributed by atoms with Gasteiger partial charge in [0.2, 0.25) is 11.8 Å². The van der Waals surface area contributed by atoms with Crippen LogP contribution in [0.1, 0.15) is 25.1 Å². The van der Waals surface area contributed by atoms with E-state index in [9.17, 15) is 4.79 Å². The summed E-state index contributed by atoms with van der Waals surface area (Å²) in [6.45, 7) is 6.26. The fourth-order valence-corrected chi connectivity index (χ4v) is 3.28. The first-order valence-corrected chi connectivity index (χ1v) is 10.2. The topological polar surface area (TPSA) is 65.8 Å². The smallest absolute Gasteiger partial charge is 0.249 e. The van der Waals surface area contributed by atoms with Crippen LogP contribution in [0.2, 0.25) is 0 Å². The molecule has 1 heterocycles. The number of aryl methyl sites for hydroxylation is 1. The molecule has 7 nitrogen and oxygen atoms in total. The fraction of sp³-hybridized carbons (Fsp3) is 0.333. The zero-order chi connectivity index (χ0) is 22.4. The maximum Gasteiger partial charge on any atom is 0.249 e. The number of nitrogens with zero attached hydrogens (tertiary/aromatic N) is 3. The number of carbonyl (C=O) groups excluding carboxylic acids is 1. The second kappa shape index (κ2) is 10.1. The monoisotopic (exact) mass is 423 g/mol. The van der Waals surface area contributed by atoms with Crippen LogP contribution < -0.4 is 9.47 Å². The summed E-state index contributed by atoms with van der Waals surface area (Å²) in [5.74, 6) is 1.79. The Kier molecular flexibility index (Phi) is 7.31. The van der Waals surface area contributed by atoms with Crippen molar-refractivity contribution in [3.63, 3.8) is 0 Å². The van der Waals surface area contributed by atoms with Crippen molar-refractivity contribution in [2.24, 2.45) is 0 Å². The molecule has 2 aromatic carbocycles. The maximum atomic E-state index is 12.6. The molecule has 3 rings (SSSR count). The lowest BCUT2D eigenvalue weighted by atomic mass is 10.2. The van der Waals surface area contributed by atoms with Gasteiger partial charge in [-0.2, -0.15) is 5.10 Å². The van der Waals surface area contributed by atoms with Crippen LogP contribution in [-0.4, -0.2) is 47.5 Å². The quantitative estimate of drug-likeness (QED) is 0.511. The number of benzene rings is 2. The highest BCUT2D eigenvalue weighted by atomic mass is 16.5. The molecule has 0 atom stereocenters. The Labute approximate surface area is 183 Å². The number of hydrogen-bond donors (Lipinski definition) is 0. The summed E-state index contributed by atoms with van der Waals surface area (Å²) in [7, 11) is 3.14. The number of amides is 1. The molecule has 31 heavy (non-hydrogen) atoms. The van der Waals surface area contributed by atoms with Gasteiger partial charge in [-0.15, -0.1) is 0 Å². The zero-order valence-corrected chi connectivity index (χ0v) is 18.7. The molecular weight excluding hydrogens is 394 g/mol. The number of ether oxygens (including phenoxy) is 3. The molecule has 0 bridgehead atoms. The second-order valence-electron chi connectivity index (χ2n) is 7.45. The highest BCUT2D eigenvalue weighted by Gasteiger charge is 2.25. The molecule has 0 fully saturated rings. The molecule has 0 unspecified atom stereocenters. The predicted octanol–water partition coefficient (Wildman–Crippen LogP) is 4.37. The maximum absolute atomic E-state index is 12.6. The molecule has 0 saturated heterocycles. The van der Waals surface area contributed by atoms with E-state index in [1.54, 1.807) is 16.7 Å². The van der Waals surface area contributed by atoms with E-state index in [0.717, 1.165) is 16.9 Å². The SMILES string of the molecule is COCC(=O)N(Cc1c(C)nn(-c2ccccc2)c1Oc1cccc(OC)c1)C(C)C. The molecule has 0 aliphatic heterocycles. The summed E-state index contributed by atoms with van der Waals surface area (Å²) >= 11 is 0. The van der Waals surface area contributed by atoms with Crippen LogP contribution in [0.4, 0.5) is 0 Å². The molecule has 164 valence electrons. The van der Waals surface area contributed by atoms with Gasteiger partial charge >= 0.3 is 0 Å². The van der Waals surface area contributed by atoms with Crippen molar-refractivity contribution in [2.75, 3.05) is 20.8 Å². The number of carbonyl (C=O) groups is 1. The van der Waals surface area contributed by atoms with Crippen LogP contribution >= 0.6 is 0 Å². The molecule has 7 heteroatoms. The summed E-state index contributed by atoms with van der Waals surface area (Å²) in [6.07, 6.45) is 0. The van der Waals surface area contributed by atoms with Gasteiger partial charge in [0.05, 0.1) is 30.6 Å². The Hall–Kier alpha value is -3.32. The average molecular weight is 424 g/mol.